The lowest BCUT2D eigenvalue weighted by Gasteiger charge is -2.62. The van der Waals surface area contributed by atoms with E-state index in [0.29, 0.717) is 18.5 Å². The van der Waals surface area contributed by atoms with Crippen molar-refractivity contribution in [3.63, 3.8) is 0 Å². The van der Waals surface area contributed by atoms with Gasteiger partial charge in [-0.15, -0.1) is 0 Å². The predicted molar refractivity (Wildman–Crippen MR) is 323 cm³/mol. The van der Waals surface area contributed by atoms with E-state index in [4.69, 9.17) is 9.72 Å². The van der Waals surface area contributed by atoms with Crippen molar-refractivity contribution in [3.05, 3.63) is 223 Å². The molecule has 4 aliphatic carbocycles. The van der Waals surface area contributed by atoms with Crippen LogP contribution in [0.1, 0.15) is 95.9 Å². The minimum Gasteiger partial charge on any atom is -0.457 e. The van der Waals surface area contributed by atoms with Crippen LogP contribution >= 0.6 is 0 Å². The van der Waals surface area contributed by atoms with Crippen LogP contribution in [-0.2, 0) is 16.2 Å². The Balaban J connectivity index is 0.802. The molecule has 16 rings (SSSR count). The number of hydrogen-bond acceptors (Lipinski definition) is 4. The van der Waals surface area contributed by atoms with Gasteiger partial charge in [0.25, 0.3) is 0 Å². The molecule has 6 nitrogen and oxygen atoms in total. The van der Waals surface area contributed by atoms with E-state index in [0.717, 1.165) is 45.9 Å². The van der Waals surface area contributed by atoms with E-state index in [9.17, 15) is 0 Å². The van der Waals surface area contributed by atoms with Crippen molar-refractivity contribution in [2.45, 2.75) is 89.9 Å². The lowest BCUT2D eigenvalue weighted by atomic mass is 9.42. The van der Waals surface area contributed by atoms with Crippen LogP contribution in [0.4, 0.5) is 22.7 Å². The Morgan fingerprint density at radius 1 is 0.436 bits per heavy atom. The molecule has 78 heavy (non-hydrogen) atoms. The van der Waals surface area contributed by atoms with Gasteiger partial charge >= 0.3 is 0 Å². The fraction of sp³-hybridized carbons (Fsp3) is 0.264. The molecule has 0 atom stereocenters. The summed E-state index contributed by atoms with van der Waals surface area (Å²) in [6.07, 6.45) is 8.68. The summed E-state index contributed by atoms with van der Waals surface area (Å²) < 4.78 is 11.8. The predicted octanol–water partition coefficient (Wildman–Crippen LogP) is 18.7. The second-order valence-electron chi connectivity index (χ2n) is 25.3. The largest absolute Gasteiger partial charge is 0.457 e. The summed E-state index contributed by atoms with van der Waals surface area (Å²) in [7, 11) is 0. The van der Waals surface area contributed by atoms with E-state index in [-0.39, 0.29) is 16.2 Å². The molecule has 4 fully saturated rings. The fourth-order valence-electron chi connectivity index (χ4n) is 15.7. The monoisotopic (exact) mass is 1020 g/mol. The van der Waals surface area contributed by atoms with Crippen LogP contribution in [0.25, 0.3) is 55.1 Å². The van der Waals surface area contributed by atoms with Crippen LogP contribution in [0, 0.1) is 23.7 Å². The summed E-state index contributed by atoms with van der Waals surface area (Å²) >= 11 is 0. The number of para-hydroxylation sites is 6. The van der Waals surface area contributed by atoms with Gasteiger partial charge in [0, 0.05) is 56.7 Å². The van der Waals surface area contributed by atoms with E-state index in [2.05, 4.69) is 261 Å². The zero-order valence-electron chi connectivity index (χ0n) is 45.7. The number of fused-ring (bicyclic) bond motifs is 7. The van der Waals surface area contributed by atoms with E-state index < -0.39 is 0 Å². The first-order valence-corrected chi connectivity index (χ1v) is 28.6. The van der Waals surface area contributed by atoms with Gasteiger partial charge in [0.1, 0.15) is 24.0 Å². The first-order valence-electron chi connectivity index (χ1n) is 28.6. The Bertz CT molecular complexity index is 4050. The van der Waals surface area contributed by atoms with Gasteiger partial charge in [-0.1, -0.05) is 145 Å². The van der Waals surface area contributed by atoms with E-state index >= 15 is 0 Å². The Morgan fingerprint density at radius 3 is 1.59 bits per heavy atom. The second kappa shape index (κ2) is 17.5. The Labute approximate surface area is 458 Å². The van der Waals surface area contributed by atoms with Gasteiger partial charge in [-0.05, 0) is 168 Å². The van der Waals surface area contributed by atoms with Crippen LogP contribution in [0.5, 0.6) is 11.5 Å². The van der Waals surface area contributed by atoms with Gasteiger partial charge in [0.05, 0.1) is 39.1 Å². The normalized spacial score (nSPS) is 20.9. The molecule has 0 unspecified atom stereocenters. The molecule has 6 heteroatoms. The lowest BCUT2D eigenvalue weighted by molar-refractivity contribution is -0.0418. The van der Waals surface area contributed by atoms with Crippen molar-refractivity contribution in [1.29, 1.82) is 0 Å². The molecule has 0 spiro atoms. The van der Waals surface area contributed by atoms with Gasteiger partial charge in [0.15, 0.2) is 0 Å². The van der Waals surface area contributed by atoms with Gasteiger partial charge in [-0.25, -0.2) is 4.98 Å². The van der Waals surface area contributed by atoms with Gasteiger partial charge < -0.3 is 19.1 Å². The molecule has 11 aromatic rings. The van der Waals surface area contributed by atoms with E-state index in [1.54, 1.807) is 0 Å². The number of anilines is 4. The summed E-state index contributed by atoms with van der Waals surface area (Å²) in [5.41, 5.74) is 16.1. The van der Waals surface area contributed by atoms with E-state index in [1.807, 2.05) is 0 Å². The molecule has 8 aromatic carbocycles. The highest BCUT2D eigenvalue weighted by Crippen LogP contribution is 2.65. The van der Waals surface area contributed by atoms with Crippen molar-refractivity contribution in [2.24, 2.45) is 23.7 Å². The molecule has 0 radical (unpaired) electrons. The number of rotatable bonds is 8. The third kappa shape index (κ3) is 7.24. The fourth-order valence-corrected chi connectivity index (χ4v) is 15.7. The maximum atomic E-state index is 6.97. The average Bonchev–Trinajstić information content (AvgIpc) is 4.23. The smallest absolute Gasteiger partial charge is 0.137 e. The van der Waals surface area contributed by atoms with Gasteiger partial charge in [-0.3, -0.25) is 4.57 Å². The van der Waals surface area contributed by atoms with Crippen molar-refractivity contribution in [3.8, 4) is 23.0 Å². The third-order valence-electron chi connectivity index (χ3n) is 18.7. The lowest BCUT2D eigenvalue weighted by Crippen LogP contribution is -2.56. The van der Waals surface area contributed by atoms with Crippen molar-refractivity contribution in [1.82, 2.24) is 14.1 Å². The zero-order chi connectivity index (χ0) is 52.7. The highest BCUT2D eigenvalue weighted by molar-refractivity contribution is 6.10. The minimum absolute atomic E-state index is 0.0427. The van der Waals surface area contributed by atoms with Crippen molar-refractivity contribution < 1.29 is 4.74 Å². The molecule has 0 saturated heterocycles. The number of benzene rings is 8. The molecular formula is C72H67N5O. The van der Waals surface area contributed by atoms with E-state index in [1.165, 1.54) is 110 Å². The van der Waals surface area contributed by atoms with Crippen LogP contribution in [-0.4, -0.2) is 20.8 Å². The molecule has 386 valence electrons. The van der Waals surface area contributed by atoms with Gasteiger partial charge in [0.2, 0.25) is 0 Å². The first-order chi connectivity index (χ1) is 37.9. The van der Waals surface area contributed by atoms with Crippen LogP contribution in [0.2, 0.25) is 0 Å². The molecule has 4 saturated carbocycles. The SMILES string of the molecule is CC(C)(C)c1cccc(C(C)(C)C)c1N1CN(c2cccc(Oc3ccc4c5ccccc5n(-c5cc(C6(c7ccc(-n8c9ccccc9c9ccccc98)cc7)C7CC8CC(C7)CC6C8)ccn5)c4c3)c2)c2ccccc21. The van der Waals surface area contributed by atoms with Crippen molar-refractivity contribution >= 4 is 66.4 Å². The number of ether oxygens (including phenoxy) is 1. The number of aromatic nitrogens is 3. The van der Waals surface area contributed by atoms with Crippen molar-refractivity contribution in [2.75, 3.05) is 16.5 Å². The highest BCUT2D eigenvalue weighted by atomic mass is 16.5. The highest BCUT2D eigenvalue weighted by Gasteiger charge is 2.58. The topological polar surface area (TPSA) is 38.5 Å². The quantitative estimate of drug-likeness (QED) is 0.152. The van der Waals surface area contributed by atoms with Crippen LogP contribution in [0.3, 0.4) is 0 Å². The minimum atomic E-state index is -0.111. The third-order valence-corrected chi connectivity index (χ3v) is 18.7. The summed E-state index contributed by atoms with van der Waals surface area (Å²) in [6.45, 7) is 14.7. The molecular weight excluding hydrogens is 951 g/mol. The summed E-state index contributed by atoms with van der Waals surface area (Å²) in [6, 6.07) is 72.1. The number of nitrogens with zero attached hydrogens (tertiary/aromatic N) is 5. The molecule has 5 aliphatic rings. The Hall–Kier alpha value is -8.09. The summed E-state index contributed by atoms with van der Waals surface area (Å²) in [4.78, 5) is 10.3. The molecule has 0 N–H and O–H groups in total. The first kappa shape index (κ1) is 47.1. The second-order valence-corrected chi connectivity index (χ2v) is 25.3. The number of pyridine rings is 1. The molecule has 0 amide bonds. The standard InChI is InChI=1S/C72H67N5O/c1-70(2,3)60-22-16-23-61(71(4,5)6)69(60)75-45-74(65-27-13-14-28-66(65)75)53-17-15-18-54(43-53)78-55-33-34-59-58-21-9-12-26-64(58)77(67(59)44-55)68-42-49(35-36-73-68)72(50-38-46-37-47(40-50)41-51(72)39-46)48-29-31-52(32-30-48)76-62-24-10-7-19-56(62)57-20-8-11-25-63(57)76/h7-36,42-44,46-47,50-51H,37-41,45H2,1-6H3. The average molecular weight is 1020 g/mol. The van der Waals surface area contributed by atoms with Gasteiger partial charge in [-0.2, -0.15) is 0 Å². The zero-order valence-corrected chi connectivity index (χ0v) is 45.7. The number of hydrogen-bond donors (Lipinski definition) is 0. The molecule has 4 heterocycles. The van der Waals surface area contributed by atoms with Crippen LogP contribution < -0.4 is 14.5 Å². The summed E-state index contributed by atoms with van der Waals surface area (Å²) in [5.74, 6) is 5.35. The molecule has 4 bridgehead atoms. The van der Waals surface area contributed by atoms with Crippen LogP contribution in [0.15, 0.2) is 200 Å². The molecule has 1 aliphatic heterocycles. The maximum absolute atomic E-state index is 6.97. The Kier molecular flexibility index (Phi) is 10.6. The molecule has 3 aromatic heterocycles. The summed E-state index contributed by atoms with van der Waals surface area (Å²) in [5, 5.41) is 4.98. The maximum Gasteiger partial charge on any atom is 0.137 e. The Morgan fingerprint density at radius 2 is 0.974 bits per heavy atom.